The van der Waals surface area contributed by atoms with E-state index in [-0.39, 0.29) is 6.04 Å². The minimum absolute atomic E-state index is 0.216. The van der Waals surface area contributed by atoms with Crippen LogP contribution < -0.4 is 5.73 Å². The summed E-state index contributed by atoms with van der Waals surface area (Å²) in [6, 6.07) is 11.0. The summed E-state index contributed by atoms with van der Waals surface area (Å²) in [5.41, 5.74) is 8.68. The van der Waals surface area contributed by atoms with Crippen molar-refractivity contribution in [3.63, 3.8) is 0 Å². The Morgan fingerprint density at radius 2 is 2.21 bits per heavy atom. The molecular formula is C16H21N3. The van der Waals surface area contributed by atoms with Crippen LogP contribution in [0.2, 0.25) is 0 Å². The summed E-state index contributed by atoms with van der Waals surface area (Å²) in [6.45, 7) is 3.02. The first-order valence-electron chi connectivity index (χ1n) is 6.95. The van der Waals surface area contributed by atoms with Crippen molar-refractivity contribution in [1.29, 1.82) is 5.26 Å². The van der Waals surface area contributed by atoms with E-state index in [1.165, 1.54) is 16.5 Å². The van der Waals surface area contributed by atoms with Crippen molar-refractivity contribution in [2.24, 2.45) is 5.73 Å². The molecule has 0 saturated carbocycles. The number of fused-ring (bicyclic) bond motifs is 1. The highest BCUT2D eigenvalue weighted by atomic mass is 15.0. The van der Waals surface area contributed by atoms with Crippen LogP contribution in [0.25, 0.3) is 10.9 Å². The Kier molecular flexibility index (Phi) is 4.59. The minimum atomic E-state index is 0.216. The van der Waals surface area contributed by atoms with Crippen LogP contribution in [0.1, 0.15) is 31.7 Å². The Morgan fingerprint density at radius 3 is 2.95 bits per heavy atom. The fourth-order valence-corrected chi connectivity index (χ4v) is 2.45. The quantitative estimate of drug-likeness (QED) is 0.806. The van der Waals surface area contributed by atoms with Crippen LogP contribution in [0.15, 0.2) is 30.5 Å². The van der Waals surface area contributed by atoms with Crippen molar-refractivity contribution in [1.82, 2.24) is 4.57 Å². The van der Waals surface area contributed by atoms with E-state index in [0.29, 0.717) is 6.42 Å². The Morgan fingerprint density at radius 1 is 1.37 bits per heavy atom. The number of rotatable bonds is 6. The second-order valence-corrected chi connectivity index (χ2v) is 5.00. The largest absolute Gasteiger partial charge is 0.347 e. The molecule has 1 heterocycles. The summed E-state index contributed by atoms with van der Waals surface area (Å²) in [7, 11) is 0. The van der Waals surface area contributed by atoms with E-state index in [1.54, 1.807) is 0 Å². The standard InChI is InChI=1S/C16H21N3/c1-2-15(18)12-14-7-5-6-13-8-11-19(16(13)14)10-4-3-9-17/h5-8,11,15H,2-4,10,12,18H2,1H3. The molecule has 0 bridgehead atoms. The van der Waals surface area contributed by atoms with Crippen LogP contribution in [-0.2, 0) is 13.0 Å². The Balaban J connectivity index is 2.30. The maximum absolute atomic E-state index is 8.64. The molecule has 0 aliphatic heterocycles. The van der Waals surface area contributed by atoms with Gasteiger partial charge in [-0.2, -0.15) is 5.26 Å². The van der Waals surface area contributed by atoms with E-state index in [1.807, 2.05) is 0 Å². The number of aromatic nitrogens is 1. The SMILES string of the molecule is CCC(N)Cc1cccc2ccn(CCCC#N)c12. The van der Waals surface area contributed by atoms with Gasteiger partial charge in [-0.05, 0) is 36.3 Å². The van der Waals surface area contributed by atoms with Crippen molar-refractivity contribution >= 4 is 10.9 Å². The molecule has 1 unspecified atom stereocenters. The Bertz CT molecular complexity index is 577. The average Bonchev–Trinajstić information content (AvgIpc) is 2.83. The van der Waals surface area contributed by atoms with Gasteiger partial charge in [0.05, 0.1) is 11.6 Å². The zero-order chi connectivity index (χ0) is 13.7. The van der Waals surface area contributed by atoms with Gasteiger partial charge in [-0.25, -0.2) is 0 Å². The number of nitriles is 1. The molecule has 1 aromatic heterocycles. The molecule has 3 nitrogen and oxygen atoms in total. The highest BCUT2D eigenvalue weighted by molar-refractivity contribution is 5.83. The molecule has 0 radical (unpaired) electrons. The first kappa shape index (κ1) is 13.6. The highest BCUT2D eigenvalue weighted by Gasteiger charge is 2.09. The minimum Gasteiger partial charge on any atom is -0.347 e. The van der Waals surface area contributed by atoms with Crippen LogP contribution in [-0.4, -0.2) is 10.6 Å². The molecule has 19 heavy (non-hydrogen) atoms. The summed E-state index contributed by atoms with van der Waals surface area (Å²) in [6.07, 6.45) is 5.52. The lowest BCUT2D eigenvalue weighted by molar-refractivity contribution is 0.640. The molecule has 0 saturated heterocycles. The number of hydrogen-bond donors (Lipinski definition) is 1. The molecule has 0 aliphatic rings. The topological polar surface area (TPSA) is 54.7 Å². The first-order valence-corrected chi connectivity index (χ1v) is 6.95. The average molecular weight is 255 g/mol. The van der Waals surface area contributed by atoms with E-state index in [0.717, 1.165) is 25.8 Å². The highest BCUT2D eigenvalue weighted by Crippen LogP contribution is 2.22. The molecule has 0 aliphatic carbocycles. The zero-order valence-corrected chi connectivity index (χ0v) is 11.5. The third-order valence-electron chi connectivity index (χ3n) is 3.57. The zero-order valence-electron chi connectivity index (χ0n) is 11.5. The van der Waals surface area contributed by atoms with Crippen LogP contribution in [0.5, 0.6) is 0 Å². The van der Waals surface area contributed by atoms with Gasteiger partial charge >= 0.3 is 0 Å². The summed E-state index contributed by atoms with van der Waals surface area (Å²) in [5.74, 6) is 0. The second kappa shape index (κ2) is 6.40. The lowest BCUT2D eigenvalue weighted by atomic mass is 10.0. The van der Waals surface area contributed by atoms with Gasteiger partial charge in [0, 0.05) is 25.2 Å². The van der Waals surface area contributed by atoms with Gasteiger partial charge in [0.1, 0.15) is 0 Å². The molecule has 0 fully saturated rings. The number of hydrogen-bond acceptors (Lipinski definition) is 2. The maximum atomic E-state index is 8.64. The lowest BCUT2D eigenvalue weighted by Gasteiger charge is -2.12. The van der Waals surface area contributed by atoms with E-state index in [4.69, 9.17) is 11.0 Å². The molecule has 1 atom stereocenters. The third kappa shape index (κ3) is 3.15. The lowest BCUT2D eigenvalue weighted by Crippen LogP contribution is -2.21. The smallest absolute Gasteiger partial charge is 0.0622 e. The van der Waals surface area contributed by atoms with E-state index in [2.05, 4.69) is 48.0 Å². The van der Waals surface area contributed by atoms with Crippen molar-refractivity contribution in [3.05, 3.63) is 36.0 Å². The number of unbranched alkanes of at least 4 members (excludes halogenated alkanes) is 1. The van der Waals surface area contributed by atoms with E-state index in [9.17, 15) is 0 Å². The maximum Gasteiger partial charge on any atom is 0.0622 e. The number of para-hydroxylation sites is 1. The second-order valence-electron chi connectivity index (χ2n) is 5.00. The van der Waals surface area contributed by atoms with Gasteiger partial charge in [-0.1, -0.05) is 25.1 Å². The van der Waals surface area contributed by atoms with Gasteiger partial charge in [0.2, 0.25) is 0 Å². The fourth-order valence-electron chi connectivity index (χ4n) is 2.45. The molecule has 0 spiro atoms. The van der Waals surface area contributed by atoms with E-state index < -0.39 is 0 Å². The fraction of sp³-hybridized carbons (Fsp3) is 0.438. The van der Waals surface area contributed by atoms with Gasteiger partial charge in [0.15, 0.2) is 0 Å². The molecule has 0 amide bonds. The Hall–Kier alpha value is -1.79. The van der Waals surface area contributed by atoms with Crippen LogP contribution in [0.3, 0.4) is 0 Å². The van der Waals surface area contributed by atoms with Crippen molar-refractivity contribution in [2.75, 3.05) is 0 Å². The number of nitrogens with zero attached hydrogens (tertiary/aromatic N) is 2. The van der Waals surface area contributed by atoms with E-state index >= 15 is 0 Å². The molecule has 100 valence electrons. The van der Waals surface area contributed by atoms with Crippen molar-refractivity contribution < 1.29 is 0 Å². The summed E-state index contributed by atoms with van der Waals surface area (Å²) >= 11 is 0. The van der Waals surface area contributed by atoms with Gasteiger partial charge in [-0.15, -0.1) is 0 Å². The number of nitrogens with two attached hydrogens (primary N) is 1. The monoisotopic (exact) mass is 255 g/mol. The molecular weight excluding hydrogens is 234 g/mol. The van der Waals surface area contributed by atoms with Crippen molar-refractivity contribution in [3.8, 4) is 6.07 Å². The van der Waals surface area contributed by atoms with Crippen LogP contribution >= 0.6 is 0 Å². The number of aryl methyl sites for hydroxylation is 1. The normalized spacial score (nSPS) is 12.5. The first-order chi connectivity index (χ1) is 9.26. The van der Waals surface area contributed by atoms with Gasteiger partial charge in [-0.3, -0.25) is 0 Å². The molecule has 2 N–H and O–H groups in total. The molecule has 3 heteroatoms. The van der Waals surface area contributed by atoms with Gasteiger partial charge < -0.3 is 10.3 Å². The predicted molar refractivity (Wildman–Crippen MR) is 78.8 cm³/mol. The summed E-state index contributed by atoms with van der Waals surface area (Å²) in [4.78, 5) is 0. The van der Waals surface area contributed by atoms with Crippen molar-refractivity contribution in [2.45, 2.75) is 45.2 Å². The van der Waals surface area contributed by atoms with Crippen LogP contribution in [0.4, 0.5) is 0 Å². The predicted octanol–water partition coefficient (Wildman–Crippen LogP) is 3.22. The van der Waals surface area contributed by atoms with Gasteiger partial charge in [0.25, 0.3) is 0 Å². The van der Waals surface area contributed by atoms with Crippen LogP contribution in [0, 0.1) is 11.3 Å². The number of benzene rings is 1. The molecule has 1 aromatic carbocycles. The molecule has 2 rings (SSSR count). The summed E-state index contributed by atoms with van der Waals surface area (Å²) in [5, 5.41) is 9.90. The third-order valence-corrected chi connectivity index (χ3v) is 3.57. The Labute approximate surface area is 114 Å². The molecule has 2 aromatic rings. The summed E-state index contributed by atoms with van der Waals surface area (Å²) < 4.78 is 2.25.